The Balaban J connectivity index is 1.90. The zero-order valence-corrected chi connectivity index (χ0v) is 16.8. The molecule has 0 radical (unpaired) electrons. The molecular formula is C20H28N2O6. The van der Waals surface area contributed by atoms with Crippen molar-refractivity contribution in [1.29, 1.82) is 0 Å². The van der Waals surface area contributed by atoms with Crippen LogP contribution < -0.4 is 0 Å². The lowest BCUT2D eigenvalue weighted by molar-refractivity contribution is -0.157. The van der Waals surface area contributed by atoms with E-state index in [0.29, 0.717) is 25.9 Å². The summed E-state index contributed by atoms with van der Waals surface area (Å²) < 4.78 is 16.0. The fraction of sp³-hybridized carbons (Fsp3) is 0.650. The average Bonchev–Trinajstić information content (AvgIpc) is 3.27. The number of esters is 1. The van der Waals surface area contributed by atoms with Gasteiger partial charge in [-0.3, -0.25) is 14.4 Å². The largest absolute Gasteiger partial charge is 0.466 e. The molecule has 0 saturated carbocycles. The van der Waals surface area contributed by atoms with Gasteiger partial charge in [-0.1, -0.05) is 0 Å². The Kier molecular flexibility index (Phi) is 5.79. The maximum absolute atomic E-state index is 13.1. The SMILES string of the molecule is CCOC(=O)[C@@H]1[C@@H](OC)C(=O)N(C(C)C)C12CCN(C(=O)c1ccco1)CC2. The van der Waals surface area contributed by atoms with E-state index in [4.69, 9.17) is 13.9 Å². The van der Waals surface area contributed by atoms with Crippen molar-refractivity contribution in [3.05, 3.63) is 24.2 Å². The van der Waals surface area contributed by atoms with Crippen LogP contribution in [0.1, 0.15) is 44.2 Å². The second-order valence-corrected chi connectivity index (χ2v) is 7.56. The fourth-order valence-corrected chi connectivity index (χ4v) is 4.72. The van der Waals surface area contributed by atoms with Gasteiger partial charge in [0, 0.05) is 26.2 Å². The summed E-state index contributed by atoms with van der Waals surface area (Å²) in [6.45, 7) is 6.68. The Morgan fingerprint density at radius 2 is 2.00 bits per heavy atom. The maximum atomic E-state index is 13.1. The van der Waals surface area contributed by atoms with Crippen molar-refractivity contribution in [3.63, 3.8) is 0 Å². The zero-order valence-electron chi connectivity index (χ0n) is 16.8. The third-order valence-electron chi connectivity index (χ3n) is 5.80. The number of carbonyl (C=O) groups excluding carboxylic acids is 3. The first-order valence-corrected chi connectivity index (χ1v) is 9.72. The van der Waals surface area contributed by atoms with Crippen LogP contribution in [0.25, 0.3) is 0 Å². The molecule has 8 nitrogen and oxygen atoms in total. The summed E-state index contributed by atoms with van der Waals surface area (Å²) in [4.78, 5) is 42.0. The van der Waals surface area contributed by atoms with Gasteiger partial charge >= 0.3 is 5.97 Å². The molecule has 0 unspecified atom stereocenters. The van der Waals surface area contributed by atoms with Crippen molar-refractivity contribution in [2.45, 2.75) is 51.3 Å². The molecule has 2 fully saturated rings. The molecule has 3 heterocycles. The molecule has 154 valence electrons. The number of furan rings is 1. The minimum Gasteiger partial charge on any atom is -0.466 e. The average molecular weight is 392 g/mol. The van der Waals surface area contributed by atoms with E-state index >= 15 is 0 Å². The molecule has 3 rings (SSSR count). The predicted molar refractivity (Wildman–Crippen MR) is 99.5 cm³/mol. The van der Waals surface area contributed by atoms with Crippen LogP contribution in [0, 0.1) is 5.92 Å². The van der Waals surface area contributed by atoms with Crippen molar-refractivity contribution in [2.24, 2.45) is 5.92 Å². The molecule has 8 heteroatoms. The van der Waals surface area contributed by atoms with Crippen LogP contribution in [0.4, 0.5) is 0 Å². The van der Waals surface area contributed by atoms with E-state index in [0.717, 1.165) is 0 Å². The summed E-state index contributed by atoms with van der Waals surface area (Å²) >= 11 is 0. The maximum Gasteiger partial charge on any atom is 0.314 e. The van der Waals surface area contributed by atoms with Crippen LogP contribution in [0.15, 0.2) is 22.8 Å². The van der Waals surface area contributed by atoms with E-state index in [2.05, 4.69) is 0 Å². The highest BCUT2D eigenvalue weighted by molar-refractivity contribution is 5.94. The standard InChI is InChI=1S/C20H28N2O6/c1-5-27-19(25)15-16(26-4)18(24)22(13(2)3)20(15)8-10-21(11-9-20)17(23)14-7-6-12-28-14/h6-7,12-13,15-16H,5,8-11H2,1-4H3/t15-,16+/m0/s1. The number of carbonyl (C=O) groups is 3. The highest BCUT2D eigenvalue weighted by atomic mass is 16.5. The molecule has 2 atom stereocenters. The molecule has 2 aliphatic heterocycles. The van der Waals surface area contributed by atoms with Crippen LogP contribution in [0.5, 0.6) is 0 Å². The summed E-state index contributed by atoms with van der Waals surface area (Å²) in [5.74, 6) is -1.22. The van der Waals surface area contributed by atoms with Crippen molar-refractivity contribution in [1.82, 2.24) is 9.80 Å². The smallest absolute Gasteiger partial charge is 0.314 e. The first-order chi connectivity index (χ1) is 13.4. The Bertz CT molecular complexity index is 721. The second kappa shape index (κ2) is 7.95. The van der Waals surface area contributed by atoms with E-state index in [-0.39, 0.29) is 30.2 Å². The second-order valence-electron chi connectivity index (χ2n) is 7.56. The zero-order chi connectivity index (χ0) is 20.5. The van der Waals surface area contributed by atoms with Gasteiger partial charge in [0.2, 0.25) is 0 Å². The van der Waals surface area contributed by atoms with Crippen LogP contribution in [-0.4, -0.2) is 72.1 Å². The van der Waals surface area contributed by atoms with Crippen molar-refractivity contribution in [2.75, 3.05) is 26.8 Å². The number of nitrogens with zero attached hydrogens (tertiary/aromatic N) is 2. The molecule has 1 aromatic heterocycles. The first-order valence-electron chi connectivity index (χ1n) is 9.72. The molecule has 28 heavy (non-hydrogen) atoms. The lowest BCUT2D eigenvalue weighted by atomic mass is 9.75. The van der Waals surface area contributed by atoms with Crippen molar-refractivity contribution < 1.29 is 28.3 Å². The van der Waals surface area contributed by atoms with Crippen LogP contribution in [-0.2, 0) is 19.1 Å². The van der Waals surface area contributed by atoms with Crippen LogP contribution in [0.2, 0.25) is 0 Å². The van der Waals surface area contributed by atoms with Gasteiger partial charge in [0.15, 0.2) is 11.9 Å². The normalized spacial score (nSPS) is 24.2. The van der Waals surface area contributed by atoms with Gasteiger partial charge < -0.3 is 23.7 Å². The van der Waals surface area contributed by atoms with Crippen LogP contribution in [0.3, 0.4) is 0 Å². The number of rotatable bonds is 5. The van der Waals surface area contributed by atoms with E-state index in [1.54, 1.807) is 28.9 Å². The topological polar surface area (TPSA) is 89.3 Å². The van der Waals surface area contributed by atoms with E-state index in [1.165, 1.54) is 13.4 Å². The molecule has 2 amide bonds. The van der Waals surface area contributed by atoms with E-state index in [1.807, 2.05) is 13.8 Å². The Hall–Kier alpha value is -2.35. The molecule has 2 aliphatic rings. The van der Waals surface area contributed by atoms with Gasteiger partial charge in [0.05, 0.1) is 18.4 Å². The van der Waals surface area contributed by atoms with Crippen molar-refractivity contribution >= 4 is 17.8 Å². The van der Waals surface area contributed by atoms with Gasteiger partial charge in [0.1, 0.15) is 5.92 Å². The summed E-state index contributed by atoms with van der Waals surface area (Å²) in [6, 6.07) is 3.21. The van der Waals surface area contributed by atoms with Gasteiger partial charge in [-0.25, -0.2) is 0 Å². The number of likely N-dealkylation sites (tertiary alicyclic amines) is 2. The first kappa shape index (κ1) is 20.4. The lowest BCUT2D eigenvalue weighted by Crippen LogP contribution is -2.60. The molecule has 0 N–H and O–H groups in total. The van der Waals surface area contributed by atoms with Gasteiger partial charge in [-0.15, -0.1) is 0 Å². The Morgan fingerprint density at radius 1 is 1.32 bits per heavy atom. The molecule has 1 aromatic rings. The number of hydrogen-bond acceptors (Lipinski definition) is 6. The highest BCUT2D eigenvalue weighted by Crippen LogP contribution is 2.46. The third kappa shape index (κ3) is 3.19. The summed E-state index contributed by atoms with van der Waals surface area (Å²) in [5.41, 5.74) is -0.724. The molecular weight excluding hydrogens is 364 g/mol. The number of methoxy groups -OCH3 is 1. The molecule has 0 aliphatic carbocycles. The lowest BCUT2D eigenvalue weighted by Gasteiger charge is -2.48. The minimum atomic E-state index is -0.867. The number of piperidine rings is 1. The Morgan fingerprint density at radius 3 is 2.50 bits per heavy atom. The minimum absolute atomic E-state index is 0.100. The number of amides is 2. The molecule has 0 aromatic carbocycles. The van der Waals surface area contributed by atoms with E-state index in [9.17, 15) is 14.4 Å². The number of hydrogen-bond donors (Lipinski definition) is 0. The number of ether oxygens (including phenoxy) is 2. The van der Waals surface area contributed by atoms with Crippen molar-refractivity contribution in [3.8, 4) is 0 Å². The predicted octanol–water partition coefficient (Wildman–Crippen LogP) is 1.70. The summed E-state index contributed by atoms with van der Waals surface area (Å²) in [7, 11) is 1.45. The molecule has 0 bridgehead atoms. The molecule has 2 saturated heterocycles. The summed E-state index contributed by atoms with van der Waals surface area (Å²) in [5, 5.41) is 0. The monoisotopic (exact) mass is 392 g/mol. The van der Waals surface area contributed by atoms with Gasteiger partial charge in [-0.2, -0.15) is 0 Å². The third-order valence-corrected chi connectivity index (χ3v) is 5.80. The quantitative estimate of drug-likeness (QED) is 0.709. The fourth-order valence-electron chi connectivity index (χ4n) is 4.72. The highest BCUT2D eigenvalue weighted by Gasteiger charge is 2.63. The van der Waals surface area contributed by atoms with Crippen LogP contribution >= 0.6 is 0 Å². The van der Waals surface area contributed by atoms with E-state index < -0.39 is 23.5 Å². The molecule has 1 spiro atoms. The summed E-state index contributed by atoms with van der Waals surface area (Å²) in [6.07, 6.45) is 1.56. The van der Waals surface area contributed by atoms with Gasteiger partial charge in [0.25, 0.3) is 11.8 Å². The Labute approximate surface area is 164 Å². The van der Waals surface area contributed by atoms with Gasteiger partial charge in [-0.05, 0) is 45.7 Å².